The van der Waals surface area contributed by atoms with Gasteiger partial charge in [-0.2, -0.15) is 10.2 Å². The third-order valence-electron chi connectivity index (χ3n) is 4.00. The van der Waals surface area contributed by atoms with Crippen molar-refractivity contribution < 1.29 is 4.74 Å². The zero-order valence-electron chi connectivity index (χ0n) is 15.6. The lowest BCUT2D eigenvalue weighted by molar-refractivity contribution is 0.340. The third kappa shape index (κ3) is 4.02. The fourth-order valence-electron chi connectivity index (χ4n) is 2.72. The van der Waals surface area contributed by atoms with Gasteiger partial charge in [-0.3, -0.25) is 4.68 Å². The zero-order valence-corrected chi connectivity index (χ0v) is 15.6. The predicted octanol–water partition coefficient (Wildman–Crippen LogP) is 3.90. The van der Waals surface area contributed by atoms with E-state index in [1.54, 1.807) is 0 Å². The summed E-state index contributed by atoms with van der Waals surface area (Å²) in [7, 11) is 0. The van der Waals surface area contributed by atoms with Crippen molar-refractivity contribution in [2.75, 3.05) is 6.61 Å². The molecule has 136 valence electrons. The molecule has 6 heteroatoms. The second kappa shape index (κ2) is 7.99. The molecule has 2 aromatic heterocycles. The predicted molar refractivity (Wildman–Crippen MR) is 102 cm³/mol. The van der Waals surface area contributed by atoms with E-state index in [0.717, 1.165) is 22.7 Å². The van der Waals surface area contributed by atoms with Gasteiger partial charge in [0.1, 0.15) is 11.6 Å². The Morgan fingerprint density at radius 3 is 2.85 bits per heavy atom. The Balaban J connectivity index is 1.90. The maximum atomic E-state index is 5.58. The summed E-state index contributed by atoms with van der Waals surface area (Å²) in [6.07, 6.45) is 6.46. The van der Waals surface area contributed by atoms with E-state index in [0.29, 0.717) is 31.4 Å². The highest BCUT2D eigenvalue weighted by molar-refractivity contribution is 5.57. The van der Waals surface area contributed by atoms with Crippen molar-refractivity contribution in [2.45, 2.75) is 39.8 Å². The SMILES string of the molecule is C=CCn1nc(-c2cccc(OCC)c2)nc1Cc1cnn(C(C)C)c1. The second-order valence-corrected chi connectivity index (χ2v) is 6.38. The Hall–Kier alpha value is -2.89. The standard InChI is InChI=1S/C20H25N5O/c1-5-10-24-19(11-16-13-21-25(14-16)15(3)4)22-20(23-24)17-8-7-9-18(12-17)26-6-2/h5,7-9,12-15H,1,6,10-11H2,2-4H3. The molecule has 26 heavy (non-hydrogen) atoms. The molecule has 0 N–H and O–H groups in total. The highest BCUT2D eigenvalue weighted by Gasteiger charge is 2.13. The molecule has 0 radical (unpaired) electrons. The van der Waals surface area contributed by atoms with Gasteiger partial charge in [0.15, 0.2) is 5.82 Å². The van der Waals surface area contributed by atoms with Crippen molar-refractivity contribution in [3.8, 4) is 17.1 Å². The van der Waals surface area contributed by atoms with Crippen LogP contribution in [0.2, 0.25) is 0 Å². The van der Waals surface area contributed by atoms with Gasteiger partial charge in [-0.25, -0.2) is 9.67 Å². The van der Waals surface area contributed by atoms with Gasteiger partial charge in [-0.05, 0) is 38.5 Å². The molecule has 0 spiro atoms. The van der Waals surface area contributed by atoms with Crippen LogP contribution in [0.3, 0.4) is 0 Å². The van der Waals surface area contributed by atoms with Gasteiger partial charge in [0.25, 0.3) is 0 Å². The zero-order chi connectivity index (χ0) is 18.5. The summed E-state index contributed by atoms with van der Waals surface area (Å²) in [5.74, 6) is 2.41. The van der Waals surface area contributed by atoms with Gasteiger partial charge in [-0.1, -0.05) is 18.2 Å². The van der Waals surface area contributed by atoms with E-state index in [2.05, 4.69) is 36.8 Å². The number of hydrogen-bond acceptors (Lipinski definition) is 4. The lowest BCUT2D eigenvalue weighted by Gasteiger charge is -2.03. The average molecular weight is 351 g/mol. The van der Waals surface area contributed by atoms with Gasteiger partial charge in [0, 0.05) is 24.2 Å². The third-order valence-corrected chi connectivity index (χ3v) is 4.00. The summed E-state index contributed by atoms with van der Waals surface area (Å²) in [6, 6.07) is 8.20. The highest BCUT2D eigenvalue weighted by Crippen LogP contribution is 2.22. The molecule has 3 aromatic rings. The number of rotatable bonds is 8. The fraction of sp³-hybridized carbons (Fsp3) is 0.350. The first kappa shape index (κ1) is 17.9. The second-order valence-electron chi connectivity index (χ2n) is 6.38. The van der Waals surface area contributed by atoms with Crippen molar-refractivity contribution >= 4 is 0 Å². The van der Waals surface area contributed by atoms with Crippen LogP contribution in [0.5, 0.6) is 5.75 Å². The minimum absolute atomic E-state index is 0.340. The average Bonchev–Trinajstić information content (AvgIpc) is 3.24. The summed E-state index contributed by atoms with van der Waals surface area (Å²) < 4.78 is 9.43. The summed E-state index contributed by atoms with van der Waals surface area (Å²) in [5.41, 5.74) is 2.06. The molecule has 6 nitrogen and oxygen atoms in total. The van der Waals surface area contributed by atoms with E-state index >= 15 is 0 Å². The maximum Gasteiger partial charge on any atom is 0.181 e. The van der Waals surface area contributed by atoms with Crippen LogP contribution in [0.25, 0.3) is 11.4 Å². The first-order valence-corrected chi connectivity index (χ1v) is 8.91. The van der Waals surface area contributed by atoms with Crippen molar-refractivity contribution in [3.05, 3.63) is 60.7 Å². The van der Waals surface area contributed by atoms with E-state index in [4.69, 9.17) is 9.72 Å². The fourth-order valence-corrected chi connectivity index (χ4v) is 2.72. The van der Waals surface area contributed by atoms with E-state index in [1.807, 2.05) is 52.8 Å². The van der Waals surface area contributed by atoms with Gasteiger partial charge in [0.2, 0.25) is 0 Å². The molecule has 1 aromatic carbocycles. The first-order chi connectivity index (χ1) is 12.6. The number of nitrogens with zero attached hydrogens (tertiary/aromatic N) is 5. The molecule has 0 saturated carbocycles. The molecule has 0 saturated heterocycles. The van der Waals surface area contributed by atoms with Crippen molar-refractivity contribution in [3.63, 3.8) is 0 Å². The molecule has 0 fully saturated rings. The molecular formula is C20H25N5O. The van der Waals surface area contributed by atoms with Crippen LogP contribution >= 0.6 is 0 Å². The smallest absolute Gasteiger partial charge is 0.181 e. The molecule has 0 amide bonds. The summed E-state index contributed by atoms with van der Waals surface area (Å²) in [4.78, 5) is 4.76. The Morgan fingerprint density at radius 1 is 1.31 bits per heavy atom. The van der Waals surface area contributed by atoms with Crippen LogP contribution in [-0.4, -0.2) is 31.2 Å². The number of aromatic nitrogens is 5. The van der Waals surface area contributed by atoms with Crippen molar-refractivity contribution in [1.82, 2.24) is 24.5 Å². The maximum absolute atomic E-state index is 5.58. The monoisotopic (exact) mass is 351 g/mol. The molecule has 3 rings (SSSR count). The number of allylic oxidation sites excluding steroid dienone is 1. The number of ether oxygens (including phenoxy) is 1. The van der Waals surface area contributed by atoms with E-state index in [-0.39, 0.29) is 0 Å². The van der Waals surface area contributed by atoms with E-state index < -0.39 is 0 Å². The van der Waals surface area contributed by atoms with Crippen LogP contribution in [-0.2, 0) is 13.0 Å². The van der Waals surface area contributed by atoms with Crippen molar-refractivity contribution in [1.29, 1.82) is 0 Å². The van der Waals surface area contributed by atoms with Crippen LogP contribution in [0.1, 0.15) is 38.2 Å². The molecule has 0 aliphatic rings. The quantitative estimate of drug-likeness (QED) is 0.578. The molecule has 0 atom stereocenters. The summed E-state index contributed by atoms with van der Waals surface area (Å²) >= 11 is 0. The molecule has 2 heterocycles. The Morgan fingerprint density at radius 2 is 2.15 bits per heavy atom. The van der Waals surface area contributed by atoms with Crippen LogP contribution in [0.15, 0.2) is 49.3 Å². The Kier molecular flexibility index (Phi) is 5.51. The van der Waals surface area contributed by atoms with Gasteiger partial charge >= 0.3 is 0 Å². The lowest BCUT2D eigenvalue weighted by Crippen LogP contribution is -2.05. The molecule has 0 bridgehead atoms. The molecule has 0 aliphatic carbocycles. The van der Waals surface area contributed by atoms with E-state index in [9.17, 15) is 0 Å². The van der Waals surface area contributed by atoms with Crippen molar-refractivity contribution in [2.24, 2.45) is 0 Å². The summed E-state index contributed by atoms with van der Waals surface area (Å²) in [5, 5.41) is 9.07. The number of benzene rings is 1. The van der Waals surface area contributed by atoms with E-state index in [1.165, 1.54) is 0 Å². The van der Waals surface area contributed by atoms with Crippen LogP contribution < -0.4 is 4.74 Å². The lowest BCUT2D eigenvalue weighted by atomic mass is 10.2. The first-order valence-electron chi connectivity index (χ1n) is 8.91. The summed E-state index contributed by atoms with van der Waals surface area (Å²) in [6.45, 7) is 11.3. The minimum Gasteiger partial charge on any atom is -0.494 e. The highest BCUT2D eigenvalue weighted by atomic mass is 16.5. The molecular weight excluding hydrogens is 326 g/mol. The largest absolute Gasteiger partial charge is 0.494 e. The minimum atomic E-state index is 0.340. The Labute approximate surface area is 154 Å². The van der Waals surface area contributed by atoms with Gasteiger partial charge < -0.3 is 4.74 Å². The van der Waals surface area contributed by atoms with Gasteiger partial charge in [0.05, 0.1) is 19.3 Å². The number of hydrogen-bond donors (Lipinski definition) is 0. The van der Waals surface area contributed by atoms with Crippen LogP contribution in [0.4, 0.5) is 0 Å². The molecule has 0 unspecified atom stereocenters. The molecule has 0 aliphatic heterocycles. The normalized spacial score (nSPS) is 11.1. The topological polar surface area (TPSA) is 57.8 Å². The van der Waals surface area contributed by atoms with Gasteiger partial charge in [-0.15, -0.1) is 6.58 Å². The van der Waals surface area contributed by atoms with Crippen LogP contribution in [0, 0.1) is 0 Å². The Bertz CT molecular complexity index is 878.